The lowest BCUT2D eigenvalue weighted by molar-refractivity contribution is -0.157. The molecule has 2 atom stereocenters. The number of nitrogens with zero attached hydrogens (tertiary/aromatic N) is 4. The van der Waals surface area contributed by atoms with Gasteiger partial charge in [-0.3, -0.25) is 14.6 Å². The van der Waals surface area contributed by atoms with Crippen LogP contribution in [0.3, 0.4) is 0 Å². The molecule has 3 aromatic rings. The molecule has 0 saturated carbocycles. The second-order valence-electron chi connectivity index (χ2n) is 10.3. The van der Waals surface area contributed by atoms with E-state index in [0.29, 0.717) is 26.1 Å². The molecule has 0 spiro atoms. The van der Waals surface area contributed by atoms with Gasteiger partial charge in [0, 0.05) is 26.6 Å². The highest BCUT2D eigenvalue weighted by atomic mass is 16.2. The summed E-state index contributed by atoms with van der Waals surface area (Å²) >= 11 is 0. The van der Waals surface area contributed by atoms with Crippen molar-refractivity contribution in [3.63, 3.8) is 0 Å². The molecule has 0 bridgehead atoms. The van der Waals surface area contributed by atoms with E-state index in [-0.39, 0.29) is 24.4 Å². The predicted octanol–water partition coefficient (Wildman–Crippen LogP) is 3.79. The Bertz CT molecular complexity index is 1350. The lowest BCUT2D eigenvalue weighted by Gasteiger charge is -2.46. The van der Waals surface area contributed by atoms with E-state index in [1.165, 1.54) is 5.56 Å². The van der Waals surface area contributed by atoms with Gasteiger partial charge in [-0.15, -0.1) is 0 Å². The molecule has 2 aliphatic heterocycles. The number of hydrogen-bond acceptors (Lipinski definition) is 4. The lowest BCUT2D eigenvalue weighted by atomic mass is 9.98. The van der Waals surface area contributed by atoms with Crippen molar-refractivity contribution in [2.75, 3.05) is 26.7 Å². The van der Waals surface area contributed by atoms with Gasteiger partial charge in [0.1, 0.15) is 12.2 Å². The van der Waals surface area contributed by atoms with E-state index >= 15 is 0 Å². The lowest BCUT2D eigenvalue weighted by Crippen LogP contribution is -2.66. The number of amides is 4. The topological polar surface area (TPSA) is 76.2 Å². The third-order valence-electron chi connectivity index (χ3n) is 7.86. The molecule has 4 amide bonds. The van der Waals surface area contributed by atoms with Crippen LogP contribution in [0.5, 0.6) is 0 Å². The average molecular weight is 528 g/mol. The zero-order valence-corrected chi connectivity index (χ0v) is 23.0. The van der Waals surface area contributed by atoms with Crippen molar-refractivity contribution in [1.29, 1.82) is 0 Å². The van der Waals surface area contributed by atoms with Gasteiger partial charge in [-0.2, -0.15) is 5.01 Å². The number of rotatable bonds is 8. The van der Waals surface area contributed by atoms with Crippen LogP contribution in [0.1, 0.15) is 37.0 Å². The molecule has 2 fully saturated rings. The molecule has 0 aromatic heterocycles. The third kappa shape index (κ3) is 5.21. The Hall–Kier alpha value is -3.91. The van der Waals surface area contributed by atoms with Crippen molar-refractivity contribution in [2.24, 2.45) is 0 Å². The fourth-order valence-corrected chi connectivity index (χ4v) is 5.85. The first kappa shape index (κ1) is 26.7. The summed E-state index contributed by atoms with van der Waals surface area (Å²) in [4.78, 5) is 44.0. The minimum Gasteiger partial charge on any atom is -0.340 e. The number of urea groups is 1. The van der Waals surface area contributed by atoms with E-state index < -0.39 is 12.2 Å². The van der Waals surface area contributed by atoms with E-state index in [1.54, 1.807) is 17.0 Å². The van der Waals surface area contributed by atoms with Crippen molar-refractivity contribution in [1.82, 2.24) is 25.1 Å². The Balaban J connectivity index is 1.51. The molecule has 2 saturated heterocycles. The molecule has 0 aliphatic carbocycles. The van der Waals surface area contributed by atoms with E-state index in [2.05, 4.69) is 60.8 Å². The molecule has 2 heterocycles. The number of hydrogen-bond donors (Lipinski definition) is 1. The van der Waals surface area contributed by atoms with Crippen molar-refractivity contribution in [2.45, 2.75) is 51.9 Å². The molecular formula is C31H37N5O3. The van der Waals surface area contributed by atoms with E-state index in [0.717, 1.165) is 34.7 Å². The molecule has 204 valence electrons. The molecule has 8 nitrogen and oxygen atoms in total. The first-order chi connectivity index (χ1) is 18.9. The van der Waals surface area contributed by atoms with Crippen LogP contribution in [0.2, 0.25) is 0 Å². The summed E-state index contributed by atoms with van der Waals surface area (Å²) in [6.07, 6.45) is 1.69. The molecule has 39 heavy (non-hydrogen) atoms. The van der Waals surface area contributed by atoms with Gasteiger partial charge in [-0.05, 0) is 40.3 Å². The summed E-state index contributed by atoms with van der Waals surface area (Å²) < 4.78 is 0. The van der Waals surface area contributed by atoms with Gasteiger partial charge in [-0.25, -0.2) is 4.79 Å². The smallest absolute Gasteiger partial charge is 0.331 e. The van der Waals surface area contributed by atoms with Gasteiger partial charge >= 0.3 is 6.03 Å². The largest absolute Gasteiger partial charge is 0.340 e. The normalized spacial score (nSPS) is 19.5. The number of piperazine rings is 1. The number of carbonyl (C=O) groups excluding carboxylic acids is 3. The highest BCUT2D eigenvalue weighted by Gasteiger charge is 2.52. The Labute approximate surface area is 230 Å². The summed E-state index contributed by atoms with van der Waals surface area (Å²) in [5, 5.41) is 8.42. The van der Waals surface area contributed by atoms with E-state index in [9.17, 15) is 14.4 Å². The fourth-order valence-electron chi connectivity index (χ4n) is 5.85. The number of hydrazine groups is 1. The maximum atomic E-state index is 14.1. The van der Waals surface area contributed by atoms with Crippen LogP contribution in [0.25, 0.3) is 10.8 Å². The summed E-state index contributed by atoms with van der Waals surface area (Å²) in [6, 6.07) is 21.7. The van der Waals surface area contributed by atoms with E-state index in [4.69, 9.17) is 0 Å². The second kappa shape index (κ2) is 11.5. The minimum atomic E-state index is -0.642. The SMILES string of the molecule is CCCN(C(=O)NC)N1CC(=O)N2[C@@H](Cc3ccc(CC)cc3)C(=O)N(Cc3cccc4ccccc34)C[C@@H]21. The molecule has 0 unspecified atom stereocenters. The van der Waals surface area contributed by atoms with Gasteiger partial charge in [0.05, 0.1) is 13.1 Å². The quantitative estimate of drug-likeness (QED) is 0.484. The summed E-state index contributed by atoms with van der Waals surface area (Å²) in [7, 11) is 1.60. The Morgan fingerprint density at radius 1 is 0.974 bits per heavy atom. The summed E-state index contributed by atoms with van der Waals surface area (Å²) in [6.45, 7) is 5.44. The van der Waals surface area contributed by atoms with Gasteiger partial charge < -0.3 is 15.1 Å². The minimum absolute atomic E-state index is 0.0593. The van der Waals surface area contributed by atoms with Gasteiger partial charge in [0.2, 0.25) is 11.8 Å². The zero-order valence-electron chi connectivity index (χ0n) is 23.0. The molecule has 1 N–H and O–H groups in total. The maximum absolute atomic E-state index is 14.1. The Kier molecular flexibility index (Phi) is 7.84. The van der Waals surface area contributed by atoms with Crippen LogP contribution in [0.15, 0.2) is 66.7 Å². The van der Waals surface area contributed by atoms with Crippen molar-refractivity contribution in [3.8, 4) is 0 Å². The van der Waals surface area contributed by atoms with Crippen LogP contribution in [0.4, 0.5) is 4.79 Å². The average Bonchev–Trinajstić information content (AvgIpc) is 3.29. The van der Waals surface area contributed by atoms with E-state index in [1.807, 2.05) is 35.0 Å². The standard InChI is InChI=1S/C31H37N5O3/c1-4-17-34(31(39)32-3)35-21-29(37)36-27(18-23-15-13-22(5-2)14-16-23)30(38)33(20-28(35)36)19-25-11-8-10-24-9-6-7-12-26(24)25/h6-16,27-28H,4-5,17-21H2,1-3H3,(H,32,39)/t27-,28+/m0/s1. The first-order valence-electron chi connectivity index (χ1n) is 13.8. The highest BCUT2D eigenvalue weighted by molar-refractivity contribution is 5.92. The summed E-state index contributed by atoms with van der Waals surface area (Å²) in [5.74, 6) is -0.186. The van der Waals surface area contributed by atoms with Crippen molar-refractivity contribution >= 4 is 28.6 Å². The highest BCUT2D eigenvalue weighted by Crippen LogP contribution is 2.31. The number of aryl methyl sites for hydroxylation is 1. The molecule has 0 radical (unpaired) electrons. The predicted molar refractivity (Wildman–Crippen MR) is 151 cm³/mol. The van der Waals surface area contributed by atoms with Gasteiger partial charge in [0.15, 0.2) is 0 Å². The van der Waals surface area contributed by atoms with Crippen molar-refractivity contribution in [3.05, 3.63) is 83.4 Å². The molecule has 5 rings (SSSR count). The number of benzene rings is 3. The van der Waals surface area contributed by atoms with Crippen LogP contribution >= 0.6 is 0 Å². The molecular weight excluding hydrogens is 490 g/mol. The second-order valence-corrected chi connectivity index (χ2v) is 10.3. The molecule has 8 heteroatoms. The zero-order chi connectivity index (χ0) is 27.5. The molecule has 2 aliphatic rings. The van der Waals surface area contributed by atoms with Gasteiger partial charge in [-0.1, -0.05) is 80.6 Å². The van der Waals surface area contributed by atoms with Crippen LogP contribution < -0.4 is 5.32 Å². The Morgan fingerprint density at radius 2 is 1.69 bits per heavy atom. The van der Waals surface area contributed by atoms with Crippen LogP contribution in [-0.4, -0.2) is 76.6 Å². The van der Waals surface area contributed by atoms with Crippen molar-refractivity contribution < 1.29 is 14.4 Å². The molecule has 3 aromatic carbocycles. The maximum Gasteiger partial charge on any atom is 0.331 e. The summed E-state index contributed by atoms with van der Waals surface area (Å²) in [5.41, 5.74) is 3.31. The number of carbonyl (C=O) groups is 3. The van der Waals surface area contributed by atoms with Crippen LogP contribution in [0, 0.1) is 0 Å². The number of nitrogens with one attached hydrogen (secondary N) is 1. The third-order valence-corrected chi connectivity index (χ3v) is 7.86. The van der Waals surface area contributed by atoms with Crippen LogP contribution in [-0.2, 0) is 29.0 Å². The Morgan fingerprint density at radius 3 is 2.41 bits per heavy atom. The fraction of sp³-hybridized carbons (Fsp3) is 0.387. The number of fused-ring (bicyclic) bond motifs is 2. The van der Waals surface area contributed by atoms with Gasteiger partial charge in [0.25, 0.3) is 0 Å². The monoisotopic (exact) mass is 527 g/mol. The first-order valence-corrected chi connectivity index (χ1v) is 13.8.